The smallest absolute Gasteiger partial charge is 0.256 e. The van der Waals surface area contributed by atoms with Crippen LogP contribution in [-0.4, -0.2) is 123 Å². The SMILES string of the molecule is BC(B)(C=O)C(B)(B)C(B)(C(=O)NC)N(C)Cc1c(C=O)cccc1OCc1cccc(C(O)(O)N2CC(C)OC(C)C2)c1F. The van der Waals surface area contributed by atoms with E-state index in [0.29, 0.717) is 17.4 Å². The third-order valence-corrected chi connectivity index (χ3v) is 9.93. The predicted octanol–water partition coefficient (Wildman–Crippen LogP) is -3.11. The third-order valence-electron chi connectivity index (χ3n) is 9.93. The van der Waals surface area contributed by atoms with Crippen molar-refractivity contribution in [3.8, 4) is 5.75 Å². The first-order valence-corrected chi connectivity index (χ1v) is 15.1. The summed E-state index contributed by atoms with van der Waals surface area (Å²) in [6.07, 6.45) is 0.977. The van der Waals surface area contributed by atoms with E-state index in [1.165, 1.54) is 30.1 Å². The number of hydrogen-bond acceptors (Lipinski definition) is 9. The molecule has 1 heterocycles. The second-order valence-electron chi connectivity index (χ2n) is 13.3. The van der Waals surface area contributed by atoms with Gasteiger partial charge in [-0.05, 0) is 38.2 Å². The summed E-state index contributed by atoms with van der Waals surface area (Å²) in [6.45, 7) is 3.82. The first-order valence-electron chi connectivity index (χ1n) is 15.1. The number of nitrogens with one attached hydrogen (secondary N) is 1. The summed E-state index contributed by atoms with van der Waals surface area (Å²) >= 11 is 0. The van der Waals surface area contributed by atoms with Crippen LogP contribution in [0.4, 0.5) is 4.39 Å². The van der Waals surface area contributed by atoms with Gasteiger partial charge in [0.15, 0.2) is 6.29 Å². The molecule has 1 aliphatic rings. The molecule has 0 spiro atoms. The molecule has 3 unspecified atom stereocenters. The zero-order chi connectivity index (χ0) is 34.0. The molecule has 10 nitrogen and oxygen atoms in total. The second-order valence-corrected chi connectivity index (χ2v) is 13.3. The van der Waals surface area contributed by atoms with Gasteiger partial charge in [-0.25, -0.2) is 9.29 Å². The maximum absolute atomic E-state index is 15.8. The van der Waals surface area contributed by atoms with Crippen LogP contribution >= 0.6 is 0 Å². The Morgan fingerprint density at radius 3 is 2.27 bits per heavy atom. The van der Waals surface area contributed by atoms with Crippen LogP contribution < -0.4 is 10.1 Å². The lowest BCUT2D eigenvalue weighted by Crippen LogP contribution is -2.67. The van der Waals surface area contributed by atoms with Crippen molar-refractivity contribution in [2.24, 2.45) is 0 Å². The Morgan fingerprint density at radius 2 is 1.71 bits per heavy atom. The minimum absolute atomic E-state index is 0.0780. The van der Waals surface area contributed by atoms with Crippen LogP contribution in [0, 0.1) is 5.82 Å². The van der Waals surface area contributed by atoms with E-state index in [2.05, 4.69) is 5.32 Å². The Morgan fingerprint density at radius 1 is 1.11 bits per heavy atom. The Hall–Kier alpha value is -2.90. The van der Waals surface area contributed by atoms with E-state index in [1.54, 1.807) is 53.7 Å². The highest BCUT2D eigenvalue weighted by Gasteiger charge is 2.55. The minimum Gasteiger partial charge on any atom is -0.488 e. The molecule has 0 aromatic heterocycles. The average molecular weight is 619 g/mol. The van der Waals surface area contributed by atoms with E-state index in [0.717, 1.165) is 6.29 Å². The molecule has 16 heteroatoms. The van der Waals surface area contributed by atoms with Crippen LogP contribution in [0.15, 0.2) is 36.4 Å². The van der Waals surface area contributed by atoms with Gasteiger partial charge in [-0.15, -0.1) is 0 Å². The highest BCUT2D eigenvalue weighted by atomic mass is 19.1. The zero-order valence-electron chi connectivity index (χ0n) is 27.8. The lowest BCUT2D eigenvalue weighted by atomic mass is 9.23. The Labute approximate surface area is 269 Å². The first-order chi connectivity index (χ1) is 20.9. The molecule has 3 rings (SSSR count). The number of halogens is 1. The Bertz CT molecular complexity index is 1410. The highest BCUT2D eigenvalue weighted by molar-refractivity contribution is 6.63. The molecular formula is C29H43B5FN3O7. The normalized spacial score (nSPS) is 19.5. The fourth-order valence-corrected chi connectivity index (χ4v) is 6.05. The molecule has 45 heavy (non-hydrogen) atoms. The topological polar surface area (TPSA) is 129 Å². The maximum atomic E-state index is 15.8. The number of ether oxygens (including phenoxy) is 2. The van der Waals surface area contributed by atoms with Crippen molar-refractivity contribution in [3.05, 3.63) is 64.5 Å². The van der Waals surface area contributed by atoms with Gasteiger partial charge >= 0.3 is 0 Å². The monoisotopic (exact) mass is 619 g/mol. The molecular weight excluding hydrogens is 575 g/mol. The summed E-state index contributed by atoms with van der Waals surface area (Å²) in [7, 11) is 12.3. The van der Waals surface area contributed by atoms with Crippen LogP contribution in [-0.2, 0) is 33.4 Å². The summed E-state index contributed by atoms with van der Waals surface area (Å²) in [4.78, 5) is 40.9. The summed E-state index contributed by atoms with van der Waals surface area (Å²) < 4.78 is 27.6. The molecule has 1 aliphatic heterocycles. The van der Waals surface area contributed by atoms with Crippen molar-refractivity contribution in [3.63, 3.8) is 0 Å². The van der Waals surface area contributed by atoms with Gasteiger partial charge in [0, 0.05) is 43.4 Å². The van der Waals surface area contributed by atoms with Gasteiger partial charge in [0.05, 0.1) is 23.2 Å². The Balaban J connectivity index is 1.96. The van der Waals surface area contributed by atoms with Gasteiger partial charge in [0.1, 0.15) is 63.7 Å². The molecule has 0 aliphatic carbocycles. The van der Waals surface area contributed by atoms with Crippen LogP contribution in [0.2, 0.25) is 10.4 Å². The van der Waals surface area contributed by atoms with Crippen molar-refractivity contribution in [1.82, 2.24) is 15.1 Å². The van der Waals surface area contributed by atoms with Crippen LogP contribution in [0.5, 0.6) is 5.75 Å². The Kier molecular flexibility index (Phi) is 11.3. The molecule has 0 bridgehead atoms. The molecule has 3 atom stereocenters. The maximum Gasteiger partial charge on any atom is 0.256 e. The van der Waals surface area contributed by atoms with Crippen molar-refractivity contribution in [2.75, 3.05) is 27.2 Å². The summed E-state index contributed by atoms with van der Waals surface area (Å²) in [5, 5.41) is 23.1. The average Bonchev–Trinajstić information content (AvgIpc) is 2.99. The fourth-order valence-electron chi connectivity index (χ4n) is 6.05. The molecule has 2 aromatic rings. The number of aliphatic hydroxyl groups is 2. The van der Waals surface area contributed by atoms with E-state index in [-0.39, 0.29) is 61.2 Å². The van der Waals surface area contributed by atoms with Gasteiger partial charge < -0.3 is 29.8 Å². The summed E-state index contributed by atoms with van der Waals surface area (Å²) in [5.74, 6) is -3.43. The lowest BCUT2D eigenvalue weighted by molar-refractivity contribution is -0.300. The number of carbonyl (C=O) groups is 3. The number of likely N-dealkylation sites (N-methyl/N-ethyl adjacent to an activating group) is 2. The third kappa shape index (κ3) is 6.95. The number of aldehydes is 2. The zero-order valence-corrected chi connectivity index (χ0v) is 27.8. The molecule has 1 fully saturated rings. The predicted molar refractivity (Wildman–Crippen MR) is 183 cm³/mol. The van der Waals surface area contributed by atoms with Crippen molar-refractivity contribution >= 4 is 57.7 Å². The quantitative estimate of drug-likeness (QED) is 0.122. The van der Waals surface area contributed by atoms with Crippen molar-refractivity contribution in [2.45, 2.75) is 61.0 Å². The van der Waals surface area contributed by atoms with E-state index in [4.69, 9.17) is 9.47 Å². The second kappa shape index (κ2) is 13.8. The number of carbonyl (C=O) groups excluding carboxylic acids is 3. The van der Waals surface area contributed by atoms with Gasteiger partial charge in [-0.2, -0.15) is 0 Å². The lowest BCUT2D eigenvalue weighted by Gasteiger charge is -2.55. The first kappa shape index (κ1) is 36.6. The molecule has 0 saturated carbocycles. The minimum atomic E-state index is -2.58. The van der Waals surface area contributed by atoms with Gasteiger partial charge in [0.2, 0.25) is 5.91 Å². The molecule has 3 N–H and O–H groups in total. The van der Waals surface area contributed by atoms with Crippen molar-refractivity contribution < 1.29 is 38.5 Å². The summed E-state index contributed by atoms with van der Waals surface area (Å²) in [6, 6.07) is 9.24. The molecule has 1 amide bonds. The number of amides is 1. The van der Waals surface area contributed by atoms with Gasteiger partial charge in [-0.3, -0.25) is 14.5 Å². The van der Waals surface area contributed by atoms with Gasteiger partial charge in [-0.1, -0.05) is 29.5 Å². The molecule has 238 valence electrons. The number of nitrogens with zero attached hydrogens (tertiary/aromatic N) is 2. The van der Waals surface area contributed by atoms with E-state index < -0.39 is 27.6 Å². The van der Waals surface area contributed by atoms with Crippen molar-refractivity contribution in [1.29, 1.82) is 0 Å². The molecule has 1 saturated heterocycles. The molecule has 2 aromatic carbocycles. The number of morpholine rings is 1. The van der Waals surface area contributed by atoms with E-state index in [1.807, 2.05) is 29.5 Å². The van der Waals surface area contributed by atoms with Crippen LogP contribution in [0.1, 0.15) is 40.9 Å². The fraction of sp³-hybridized carbons (Fsp3) is 0.483. The van der Waals surface area contributed by atoms with E-state index >= 15 is 4.39 Å². The number of rotatable bonds is 13. The number of benzene rings is 2. The van der Waals surface area contributed by atoms with Crippen LogP contribution in [0.3, 0.4) is 0 Å². The highest BCUT2D eigenvalue weighted by Crippen LogP contribution is 2.50. The largest absolute Gasteiger partial charge is 0.488 e. The molecule has 0 radical (unpaired) electrons. The summed E-state index contributed by atoms with van der Waals surface area (Å²) in [5.41, 5.74) is -0.668. The number of hydrogen-bond donors (Lipinski definition) is 3. The van der Waals surface area contributed by atoms with Crippen LogP contribution in [0.25, 0.3) is 0 Å². The standard InChI is InChI=1S/C29H43B5FN3O7/c1-17-11-38(12-18(2)45-17)28(42,43)22-9-5-8-20(24(22)35)15-44-23-10-6-7-19(14-39)21(23)13-37(4)27(32,25(41)36-3)29(33,34)26(30,31)16-40/h5-10,14,16-18,42-43H,11-13,15,30-34H2,1-4H3,(H,36,41). The van der Waals surface area contributed by atoms with Gasteiger partial charge in [0.25, 0.3) is 5.91 Å². The van der Waals surface area contributed by atoms with E-state index in [9.17, 15) is 24.6 Å².